The first kappa shape index (κ1) is 21.0. The van der Waals surface area contributed by atoms with Crippen molar-refractivity contribution in [1.82, 2.24) is 9.62 Å². The maximum absolute atomic E-state index is 12.2. The summed E-state index contributed by atoms with van der Waals surface area (Å²) in [6.45, 7) is 3.54. The van der Waals surface area contributed by atoms with Crippen LogP contribution in [0.2, 0.25) is 0 Å². The average molecular weight is 440 g/mol. The molecule has 1 aliphatic carbocycles. The number of rotatable bonds is 6. The Bertz CT molecular complexity index is 997. The second-order valence-corrected chi connectivity index (χ2v) is 8.73. The number of hydrogen-bond donors (Lipinski definition) is 1. The van der Waals surface area contributed by atoms with E-state index in [1.54, 1.807) is 11.2 Å². The van der Waals surface area contributed by atoms with Crippen LogP contribution in [0, 0.1) is 34.6 Å². The number of anilines is 1. The monoisotopic (exact) mass is 439 g/mol. The third-order valence-corrected chi connectivity index (χ3v) is 6.84. The number of carbonyl (C=O) groups is 2. The number of ether oxygens (including phenoxy) is 1. The van der Waals surface area contributed by atoms with Gasteiger partial charge in [-0.25, -0.2) is 4.79 Å². The van der Waals surface area contributed by atoms with Crippen molar-refractivity contribution in [2.24, 2.45) is 11.8 Å². The van der Waals surface area contributed by atoms with Gasteiger partial charge in [0.1, 0.15) is 6.10 Å². The van der Waals surface area contributed by atoms with Gasteiger partial charge in [0.05, 0.1) is 49.6 Å². The molecule has 0 radical (unpaired) electrons. The van der Waals surface area contributed by atoms with Gasteiger partial charge >= 0.3 is 12.3 Å². The predicted octanol–water partition coefficient (Wildman–Crippen LogP) is 1.27. The van der Waals surface area contributed by atoms with Crippen LogP contribution in [0.1, 0.15) is 12.5 Å². The van der Waals surface area contributed by atoms with Gasteiger partial charge in [-0.2, -0.15) is 5.26 Å². The first-order chi connectivity index (χ1) is 14.9. The van der Waals surface area contributed by atoms with Gasteiger partial charge in [-0.05, 0) is 17.7 Å². The Balaban J connectivity index is 1.44. The van der Waals surface area contributed by atoms with E-state index in [1.807, 2.05) is 30.5 Å². The van der Waals surface area contributed by atoms with E-state index < -0.39 is 11.5 Å². The van der Waals surface area contributed by atoms with E-state index in [1.165, 1.54) is 23.2 Å². The fourth-order valence-corrected chi connectivity index (χ4v) is 5.00. The number of cyclic esters (lactones) is 1. The Kier molecular flexibility index (Phi) is 5.50. The molecule has 1 aromatic carbocycles. The average Bonchev–Trinajstić information content (AvgIpc) is 3.06. The number of amides is 2. The van der Waals surface area contributed by atoms with E-state index in [-0.39, 0.29) is 30.4 Å². The molecule has 9 nitrogen and oxygen atoms in total. The van der Waals surface area contributed by atoms with Gasteiger partial charge in [-0.3, -0.25) is 14.3 Å². The topological polar surface area (TPSA) is 112 Å². The van der Waals surface area contributed by atoms with Crippen LogP contribution in [-0.2, 0) is 14.9 Å². The zero-order chi connectivity index (χ0) is 22.2. The molecule has 10 heteroatoms. The fourth-order valence-electron chi connectivity index (χ4n) is 4.69. The van der Waals surface area contributed by atoms with Crippen LogP contribution in [0.25, 0.3) is 0 Å². The van der Waals surface area contributed by atoms with Crippen molar-refractivity contribution in [3.63, 3.8) is 0 Å². The molecular weight excluding hydrogens is 416 g/mol. The summed E-state index contributed by atoms with van der Waals surface area (Å²) in [4.78, 5) is 24.8. The van der Waals surface area contributed by atoms with Gasteiger partial charge < -0.3 is 10.1 Å². The van der Waals surface area contributed by atoms with Gasteiger partial charge in [-0.15, -0.1) is 5.26 Å². The van der Waals surface area contributed by atoms with Crippen molar-refractivity contribution in [1.29, 1.82) is 10.5 Å². The molecule has 3 aliphatic rings. The van der Waals surface area contributed by atoms with E-state index in [9.17, 15) is 14.9 Å². The predicted molar refractivity (Wildman–Crippen MR) is 114 cm³/mol. The smallest absolute Gasteiger partial charge is 0.414 e. The number of nitriles is 2. The third kappa shape index (κ3) is 3.68. The van der Waals surface area contributed by atoms with Crippen LogP contribution in [0.5, 0.6) is 0 Å². The molecular formula is C21H23N6O3S+. The molecule has 2 aliphatic heterocycles. The van der Waals surface area contributed by atoms with E-state index in [0.717, 1.165) is 18.7 Å². The summed E-state index contributed by atoms with van der Waals surface area (Å²) in [7, 11) is 0. The second-order valence-electron chi connectivity index (χ2n) is 7.97. The van der Waals surface area contributed by atoms with E-state index in [4.69, 9.17) is 10.00 Å². The van der Waals surface area contributed by atoms with Gasteiger partial charge in [0, 0.05) is 30.7 Å². The zero-order valence-corrected chi connectivity index (χ0v) is 18.1. The Morgan fingerprint density at radius 3 is 2.61 bits per heavy atom. The van der Waals surface area contributed by atoms with Crippen LogP contribution in [0.15, 0.2) is 24.3 Å². The molecule has 0 bridgehead atoms. The summed E-state index contributed by atoms with van der Waals surface area (Å²) in [6.07, 6.45) is 4.92. The van der Waals surface area contributed by atoms with Crippen molar-refractivity contribution in [3.05, 3.63) is 29.8 Å². The molecule has 160 valence electrons. The quantitative estimate of drug-likeness (QED) is 0.233. The second kappa shape index (κ2) is 8.12. The molecule has 31 heavy (non-hydrogen) atoms. The van der Waals surface area contributed by atoms with E-state index in [0.29, 0.717) is 12.2 Å². The lowest BCUT2D eigenvalue weighted by atomic mass is 9.91. The van der Waals surface area contributed by atoms with Crippen molar-refractivity contribution in [2.45, 2.75) is 18.4 Å². The molecule has 1 saturated carbocycles. The summed E-state index contributed by atoms with van der Waals surface area (Å²) in [5, 5.41) is 21.7. The summed E-state index contributed by atoms with van der Waals surface area (Å²) < 4.78 is 8.91. The minimum Gasteiger partial charge on any atom is -0.442 e. The summed E-state index contributed by atoms with van der Waals surface area (Å²) in [6, 6.07) is 10.1. The minimum atomic E-state index is -0.515. The van der Waals surface area contributed by atoms with Crippen molar-refractivity contribution < 1.29 is 18.9 Å². The summed E-state index contributed by atoms with van der Waals surface area (Å²) in [5.74, 6) is 0.280. The molecule has 1 unspecified atom stereocenters. The molecule has 3 fully saturated rings. The normalized spacial score (nSPS) is 29.7. The van der Waals surface area contributed by atoms with Gasteiger partial charge in [0.2, 0.25) is 5.91 Å². The van der Waals surface area contributed by atoms with Crippen molar-refractivity contribution in [2.75, 3.05) is 37.3 Å². The maximum atomic E-state index is 12.2. The van der Waals surface area contributed by atoms with Crippen molar-refractivity contribution >= 4 is 36.0 Å². The number of nitrogens with zero attached hydrogens (tertiary/aromatic N) is 5. The highest BCUT2D eigenvalue weighted by atomic mass is 32.2. The van der Waals surface area contributed by atoms with Crippen LogP contribution < -0.4 is 10.2 Å². The third-order valence-electron chi connectivity index (χ3n) is 6.27. The number of hydrogen-bond acceptors (Lipinski definition) is 6. The van der Waals surface area contributed by atoms with Crippen LogP contribution in [0.4, 0.5) is 10.5 Å². The molecule has 2 heterocycles. The summed E-state index contributed by atoms with van der Waals surface area (Å²) in [5.41, 5.74) is 1.15. The zero-order valence-electron chi connectivity index (χ0n) is 17.3. The largest absolute Gasteiger partial charge is 0.442 e. The number of carbonyl (C=O) groups excluding carboxylic acids is 2. The summed E-state index contributed by atoms with van der Waals surface area (Å²) >= 11 is 1.34. The maximum Gasteiger partial charge on any atom is 0.414 e. The van der Waals surface area contributed by atoms with Gasteiger partial charge in [0.25, 0.3) is 6.34 Å². The van der Waals surface area contributed by atoms with Crippen LogP contribution in [-0.4, -0.2) is 65.8 Å². The molecule has 4 rings (SSSR count). The SMILES string of the molecule is CSN(C#N)C=[N+]1C[C@@H]2[C@H](C1)C2(C#N)c1ccc(N2C[C@H](CNC(C)=O)OC2=O)cc1. The fraction of sp³-hybridized carbons (Fsp3) is 0.476. The number of benzene rings is 1. The highest BCUT2D eigenvalue weighted by Gasteiger charge is 2.71. The van der Waals surface area contributed by atoms with E-state index >= 15 is 0 Å². The first-order valence-electron chi connectivity index (χ1n) is 9.99. The highest BCUT2D eigenvalue weighted by Crippen LogP contribution is 2.62. The lowest BCUT2D eigenvalue weighted by Gasteiger charge is -2.17. The molecule has 0 aromatic heterocycles. The highest BCUT2D eigenvalue weighted by molar-refractivity contribution is 7.96. The lowest BCUT2D eigenvalue weighted by Crippen LogP contribution is -2.33. The Morgan fingerprint density at radius 1 is 1.39 bits per heavy atom. The minimum absolute atomic E-state index is 0.166. The Hall–Kier alpha value is -3.24. The molecule has 4 atom stereocenters. The van der Waals surface area contributed by atoms with Gasteiger partial charge in [0.15, 0.2) is 0 Å². The van der Waals surface area contributed by atoms with Crippen LogP contribution >= 0.6 is 11.9 Å². The Labute approximate surface area is 185 Å². The van der Waals surface area contributed by atoms with E-state index in [2.05, 4.69) is 22.2 Å². The Morgan fingerprint density at radius 2 is 2.06 bits per heavy atom. The first-order valence-corrected chi connectivity index (χ1v) is 11.2. The number of piperidine rings is 1. The molecule has 0 spiro atoms. The number of nitrogens with one attached hydrogen (secondary N) is 1. The molecule has 1 N–H and O–H groups in total. The molecule has 2 saturated heterocycles. The van der Waals surface area contributed by atoms with Crippen molar-refractivity contribution in [3.8, 4) is 12.3 Å². The molecule has 1 aromatic rings. The van der Waals surface area contributed by atoms with Crippen LogP contribution in [0.3, 0.4) is 0 Å². The number of fused-ring (bicyclic) bond motifs is 1. The lowest BCUT2D eigenvalue weighted by molar-refractivity contribution is -0.516. The molecule has 2 amide bonds. The standard InChI is InChI=1S/C21H22N6O3S/c1-14(28)24-7-17-8-27(20(29)30-17)16-5-3-15(4-6-16)21(11-22)18-9-25(10-19(18)21)13-26(12-23)31-2/h3-6,13,17-19H,7-10H2,1-2H3/p+1/t17-,18-,19+,21?/m0/s1. The van der Waals surface area contributed by atoms with Gasteiger partial charge in [-0.1, -0.05) is 16.4 Å².